The molecule has 3 heterocycles. The highest BCUT2D eigenvalue weighted by Gasteiger charge is 2.49. The second-order valence-corrected chi connectivity index (χ2v) is 10.2. The number of carbonyl (C=O) groups is 3. The number of hydrogen-bond donors (Lipinski definition) is 2. The van der Waals surface area contributed by atoms with Crippen molar-refractivity contribution in [3.63, 3.8) is 0 Å². The van der Waals surface area contributed by atoms with Gasteiger partial charge in [-0.25, -0.2) is 0 Å². The first-order chi connectivity index (χ1) is 18.4. The van der Waals surface area contributed by atoms with Crippen molar-refractivity contribution in [1.29, 1.82) is 0 Å². The van der Waals surface area contributed by atoms with Gasteiger partial charge in [0.15, 0.2) is 11.5 Å². The van der Waals surface area contributed by atoms with Gasteiger partial charge in [-0.1, -0.05) is 13.3 Å². The van der Waals surface area contributed by atoms with Crippen LogP contribution in [0.5, 0.6) is 17.2 Å². The van der Waals surface area contributed by atoms with Crippen molar-refractivity contribution in [3.8, 4) is 17.2 Å². The zero-order valence-electron chi connectivity index (χ0n) is 22.3. The Bertz CT molecular complexity index is 1010. The minimum absolute atomic E-state index is 0.00553. The van der Waals surface area contributed by atoms with Crippen LogP contribution < -0.4 is 14.2 Å². The van der Waals surface area contributed by atoms with E-state index < -0.39 is 23.8 Å². The van der Waals surface area contributed by atoms with Crippen LogP contribution in [0.1, 0.15) is 50.5 Å². The Hall–Kier alpha value is -3.05. The van der Waals surface area contributed by atoms with E-state index in [2.05, 4.69) is 6.92 Å². The summed E-state index contributed by atoms with van der Waals surface area (Å²) in [6.45, 7) is 4.37. The van der Waals surface area contributed by atoms with E-state index in [1.54, 1.807) is 21.9 Å². The van der Waals surface area contributed by atoms with E-state index in [-0.39, 0.29) is 38.3 Å². The first kappa shape index (κ1) is 28.0. The van der Waals surface area contributed by atoms with E-state index >= 15 is 0 Å². The molecule has 210 valence electrons. The molecule has 0 unspecified atom stereocenters. The molecule has 38 heavy (non-hydrogen) atoms. The number of rotatable bonds is 13. The number of unbranched alkanes of at least 4 members (excludes halogenated alkanes) is 1. The third-order valence-electron chi connectivity index (χ3n) is 7.78. The van der Waals surface area contributed by atoms with Crippen LogP contribution in [0, 0.1) is 5.92 Å². The molecule has 1 aromatic carbocycles. The average Bonchev–Trinajstić information content (AvgIpc) is 3.63. The van der Waals surface area contributed by atoms with E-state index in [0.717, 1.165) is 24.8 Å². The van der Waals surface area contributed by atoms with Crippen LogP contribution in [0.25, 0.3) is 0 Å². The maximum absolute atomic E-state index is 13.4. The van der Waals surface area contributed by atoms with Gasteiger partial charge in [0, 0.05) is 57.7 Å². The van der Waals surface area contributed by atoms with Gasteiger partial charge in [-0.15, -0.1) is 0 Å². The third-order valence-corrected chi connectivity index (χ3v) is 7.78. The molecule has 0 aromatic heterocycles. The lowest BCUT2D eigenvalue weighted by Gasteiger charge is -2.32. The van der Waals surface area contributed by atoms with Crippen molar-refractivity contribution in [3.05, 3.63) is 17.7 Å². The Balaban J connectivity index is 1.64. The molecular weight excluding hydrogens is 494 g/mol. The number of methoxy groups -OCH3 is 1. The van der Waals surface area contributed by atoms with Gasteiger partial charge in [-0.3, -0.25) is 19.3 Å². The second kappa shape index (κ2) is 12.7. The zero-order valence-corrected chi connectivity index (χ0v) is 22.3. The highest BCUT2D eigenvalue weighted by atomic mass is 16.7. The fourth-order valence-electron chi connectivity index (χ4n) is 5.79. The molecular formula is C27H39N3O8. The number of aliphatic carboxylic acids is 1. The summed E-state index contributed by atoms with van der Waals surface area (Å²) in [5, 5.41) is 19.7. The second-order valence-electron chi connectivity index (χ2n) is 10.2. The maximum Gasteiger partial charge on any atom is 0.308 e. The summed E-state index contributed by atoms with van der Waals surface area (Å²) in [5.74, 6) is -0.896. The molecule has 3 aliphatic heterocycles. The van der Waals surface area contributed by atoms with E-state index in [1.807, 2.05) is 4.90 Å². The van der Waals surface area contributed by atoms with Crippen LogP contribution in [0.15, 0.2) is 12.1 Å². The largest absolute Gasteiger partial charge is 0.493 e. The lowest BCUT2D eigenvalue weighted by Crippen LogP contribution is -2.49. The number of carboxylic acid groups (broad SMARTS) is 1. The molecule has 1 aromatic rings. The molecule has 0 radical (unpaired) electrons. The molecule has 3 aliphatic rings. The van der Waals surface area contributed by atoms with E-state index in [9.17, 15) is 24.6 Å². The van der Waals surface area contributed by atoms with Crippen molar-refractivity contribution < 1.29 is 38.8 Å². The Morgan fingerprint density at radius 3 is 2.66 bits per heavy atom. The molecule has 11 heteroatoms. The van der Waals surface area contributed by atoms with Gasteiger partial charge in [-0.2, -0.15) is 0 Å². The number of carboxylic acids is 1. The summed E-state index contributed by atoms with van der Waals surface area (Å²) >= 11 is 0. The van der Waals surface area contributed by atoms with Crippen molar-refractivity contribution in [2.45, 2.75) is 51.0 Å². The minimum Gasteiger partial charge on any atom is -0.493 e. The standard InChI is InChI=1S/C27H39N3O8/c1-3-4-8-28(10-6-11-31)24(33)16-30-14-19(18-12-21(36-2)26-22(13-18)37-17-38-26)25(27(34)35)20(30)15-29-9-5-7-23(29)32/h12-13,19-20,25,31H,3-11,14-17H2,1-2H3,(H,34,35)/t19-,20+,25-/m1/s1. The summed E-state index contributed by atoms with van der Waals surface area (Å²) in [5.41, 5.74) is 0.731. The van der Waals surface area contributed by atoms with Crippen LogP contribution in [0.2, 0.25) is 0 Å². The smallest absolute Gasteiger partial charge is 0.308 e. The first-order valence-electron chi connectivity index (χ1n) is 13.5. The Kier molecular flexibility index (Phi) is 9.32. The van der Waals surface area contributed by atoms with Crippen molar-refractivity contribution in [1.82, 2.24) is 14.7 Å². The number of nitrogens with zero attached hydrogens (tertiary/aromatic N) is 3. The fraction of sp³-hybridized carbons (Fsp3) is 0.667. The third kappa shape index (κ3) is 5.99. The molecule has 2 N–H and O–H groups in total. The fourth-order valence-corrected chi connectivity index (χ4v) is 5.79. The van der Waals surface area contributed by atoms with E-state index in [0.29, 0.717) is 56.3 Å². The zero-order chi connectivity index (χ0) is 27.2. The highest BCUT2D eigenvalue weighted by Crippen LogP contribution is 2.47. The number of aliphatic hydroxyl groups is 1. The van der Waals surface area contributed by atoms with Gasteiger partial charge in [0.2, 0.25) is 24.4 Å². The van der Waals surface area contributed by atoms with Crippen LogP contribution in [0.4, 0.5) is 0 Å². The number of hydrogen-bond acceptors (Lipinski definition) is 8. The van der Waals surface area contributed by atoms with Gasteiger partial charge < -0.3 is 34.2 Å². The van der Waals surface area contributed by atoms with Crippen molar-refractivity contribution in [2.24, 2.45) is 5.92 Å². The molecule has 2 fully saturated rings. The molecule has 2 saturated heterocycles. The number of amides is 2. The van der Waals surface area contributed by atoms with E-state index in [4.69, 9.17) is 14.2 Å². The van der Waals surface area contributed by atoms with Gasteiger partial charge in [-0.05, 0) is 37.0 Å². The summed E-state index contributed by atoms with van der Waals surface area (Å²) in [4.78, 5) is 44.1. The normalized spacial score (nSPS) is 22.8. The predicted octanol–water partition coefficient (Wildman–Crippen LogP) is 1.53. The molecule has 0 spiro atoms. The van der Waals surface area contributed by atoms with Crippen LogP contribution in [0.3, 0.4) is 0 Å². The molecule has 4 rings (SSSR count). The number of benzene rings is 1. The number of aliphatic hydroxyl groups excluding tert-OH is 1. The van der Waals surface area contributed by atoms with Crippen molar-refractivity contribution >= 4 is 17.8 Å². The average molecular weight is 534 g/mol. The Labute approximate surface area is 223 Å². The van der Waals surface area contributed by atoms with Gasteiger partial charge in [0.1, 0.15) is 0 Å². The monoisotopic (exact) mass is 533 g/mol. The maximum atomic E-state index is 13.4. The number of carbonyl (C=O) groups excluding carboxylic acids is 2. The number of fused-ring (bicyclic) bond motifs is 1. The quantitative estimate of drug-likeness (QED) is 0.388. The van der Waals surface area contributed by atoms with Crippen molar-refractivity contribution in [2.75, 3.05) is 59.8 Å². The summed E-state index contributed by atoms with van der Waals surface area (Å²) in [7, 11) is 1.52. The molecule has 0 aliphatic carbocycles. The number of ether oxygens (including phenoxy) is 3. The highest BCUT2D eigenvalue weighted by molar-refractivity contribution is 5.80. The Morgan fingerprint density at radius 1 is 1.21 bits per heavy atom. The first-order valence-corrected chi connectivity index (χ1v) is 13.5. The molecule has 3 atom stereocenters. The molecule has 11 nitrogen and oxygen atoms in total. The topological polar surface area (TPSA) is 129 Å². The Morgan fingerprint density at radius 2 is 2.00 bits per heavy atom. The summed E-state index contributed by atoms with van der Waals surface area (Å²) < 4.78 is 16.6. The van der Waals surface area contributed by atoms with Crippen LogP contribution in [-0.2, 0) is 14.4 Å². The van der Waals surface area contributed by atoms with Crippen LogP contribution in [-0.4, -0.2) is 109 Å². The SMILES string of the molecule is CCCCN(CCCO)C(=O)CN1C[C@H](c2cc(OC)c3c(c2)OCO3)[C@@H](C(=O)O)[C@@H]1CN1CCCC1=O. The number of likely N-dealkylation sites (tertiary alicyclic amines) is 2. The molecule has 0 bridgehead atoms. The van der Waals surface area contributed by atoms with E-state index in [1.165, 1.54) is 7.11 Å². The van der Waals surface area contributed by atoms with Gasteiger partial charge >= 0.3 is 5.97 Å². The van der Waals surface area contributed by atoms with Gasteiger partial charge in [0.25, 0.3) is 0 Å². The summed E-state index contributed by atoms with van der Waals surface area (Å²) in [6.07, 6.45) is 3.47. The molecule has 2 amide bonds. The van der Waals surface area contributed by atoms with Crippen LogP contribution >= 0.6 is 0 Å². The lowest BCUT2D eigenvalue weighted by atomic mass is 9.84. The minimum atomic E-state index is -0.971. The lowest BCUT2D eigenvalue weighted by molar-refractivity contribution is -0.144. The predicted molar refractivity (Wildman–Crippen MR) is 137 cm³/mol. The van der Waals surface area contributed by atoms with Gasteiger partial charge in [0.05, 0.1) is 19.6 Å². The summed E-state index contributed by atoms with van der Waals surface area (Å²) in [6, 6.07) is 3.04. The molecule has 0 saturated carbocycles.